The van der Waals surface area contributed by atoms with Crippen molar-refractivity contribution in [1.82, 2.24) is 9.47 Å². The number of anilines is 1. The van der Waals surface area contributed by atoms with Crippen molar-refractivity contribution in [3.63, 3.8) is 0 Å². The van der Waals surface area contributed by atoms with Gasteiger partial charge in [0.15, 0.2) is 0 Å². The summed E-state index contributed by atoms with van der Waals surface area (Å²) in [6.45, 7) is 2.84. The summed E-state index contributed by atoms with van der Waals surface area (Å²) in [6, 6.07) is 13.4. The number of rotatable bonds is 4. The maximum absolute atomic E-state index is 12.7. The highest BCUT2D eigenvalue weighted by atomic mass is 16.2. The van der Waals surface area contributed by atoms with Crippen molar-refractivity contribution in [2.75, 3.05) is 11.9 Å². The molecule has 1 aliphatic rings. The highest BCUT2D eigenvalue weighted by Crippen LogP contribution is 2.33. The van der Waals surface area contributed by atoms with Crippen LogP contribution in [0.5, 0.6) is 0 Å². The molecular weight excluding hydrogens is 300 g/mol. The van der Waals surface area contributed by atoms with E-state index < -0.39 is 0 Å². The van der Waals surface area contributed by atoms with Crippen LogP contribution in [0.1, 0.15) is 37.1 Å². The van der Waals surface area contributed by atoms with Gasteiger partial charge in [-0.2, -0.15) is 5.26 Å². The van der Waals surface area contributed by atoms with Gasteiger partial charge in [-0.1, -0.05) is 12.1 Å². The third kappa shape index (κ3) is 3.06. The maximum Gasteiger partial charge on any atom is 0.241 e. The molecule has 5 nitrogen and oxygen atoms in total. The fraction of sp³-hybridized carbons (Fsp3) is 0.368. The van der Waals surface area contributed by atoms with Crippen molar-refractivity contribution in [2.24, 2.45) is 7.05 Å². The second-order valence-electron chi connectivity index (χ2n) is 6.26. The van der Waals surface area contributed by atoms with Crippen molar-refractivity contribution in [1.29, 1.82) is 5.26 Å². The van der Waals surface area contributed by atoms with Gasteiger partial charge in [0.25, 0.3) is 0 Å². The minimum Gasteiger partial charge on any atom is -0.353 e. The normalized spacial score (nSPS) is 19.0. The molecule has 1 fully saturated rings. The standard InChI is InChI=1S/C19H22N4O/c1-14(19(24)21-16-8-4-3-7-15(16)13-20)23-12-6-10-18(23)17-9-5-11-22(17)2/h3-5,7-9,11,14,18H,6,10,12H2,1-2H3,(H,21,24)/t14-,18-/m1/s1. The van der Waals surface area contributed by atoms with Crippen LogP contribution < -0.4 is 5.32 Å². The Morgan fingerprint density at radius 2 is 2.12 bits per heavy atom. The molecule has 24 heavy (non-hydrogen) atoms. The van der Waals surface area contributed by atoms with Crippen LogP contribution in [0.25, 0.3) is 0 Å². The fourth-order valence-corrected chi connectivity index (χ4v) is 3.47. The molecular formula is C19H22N4O. The Morgan fingerprint density at radius 3 is 2.83 bits per heavy atom. The molecule has 0 saturated carbocycles. The van der Waals surface area contributed by atoms with E-state index in [9.17, 15) is 4.79 Å². The minimum absolute atomic E-state index is 0.0705. The lowest BCUT2D eigenvalue weighted by molar-refractivity contribution is -0.121. The molecule has 1 saturated heterocycles. The number of carbonyl (C=O) groups excluding carboxylic acids is 1. The average Bonchev–Trinajstić information content (AvgIpc) is 3.22. The van der Waals surface area contributed by atoms with E-state index in [-0.39, 0.29) is 18.0 Å². The van der Waals surface area contributed by atoms with E-state index in [4.69, 9.17) is 5.26 Å². The maximum atomic E-state index is 12.7. The van der Waals surface area contributed by atoms with Gasteiger partial charge in [-0.05, 0) is 50.6 Å². The lowest BCUT2D eigenvalue weighted by atomic mass is 10.1. The van der Waals surface area contributed by atoms with E-state index in [1.54, 1.807) is 18.2 Å². The number of likely N-dealkylation sites (tertiary alicyclic amines) is 1. The van der Waals surface area contributed by atoms with Crippen molar-refractivity contribution in [2.45, 2.75) is 31.8 Å². The number of aromatic nitrogens is 1. The average molecular weight is 322 g/mol. The van der Waals surface area contributed by atoms with Gasteiger partial charge < -0.3 is 9.88 Å². The Bertz CT molecular complexity index is 774. The zero-order chi connectivity index (χ0) is 17.1. The molecule has 1 aromatic carbocycles. The Kier molecular flexibility index (Phi) is 4.68. The first-order valence-corrected chi connectivity index (χ1v) is 8.29. The summed E-state index contributed by atoms with van der Waals surface area (Å²) < 4.78 is 2.12. The van der Waals surface area contributed by atoms with Crippen LogP contribution in [0.3, 0.4) is 0 Å². The quantitative estimate of drug-likeness (QED) is 0.941. The van der Waals surface area contributed by atoms with E-state index in [0.717, 1.165) is 19.4 Å². The van der Waals surface area contributed by atoms with E-state index in [1.807, 2.05) is 32.3 Å². The van der Waals surface area contributed by atoms with Crippen molar-refractivity contribution in [3.8, 4) is 6.07 Å². The molecule has 5 heteroatoms. The molecule has 1 aromatic heterocycles. The number of amides is 1. The summed E-state index contributed by atoms with van der Waals surface area (Å²) in [5.74, 6) is -0.0705. The molecule has 3 rings (SSSR count). The van der Waals surface area contributed by atoms with Crippen molar-refractivity contribution in [3.05, 3.63) is 53.9 Å². The smallest absolute Gasteiger partial charge is 0.241 e. The second kappa shape index (κ2) is 6.90. The van der Waals surface area contributed by atoms with E-state index in [1.165, 1.54) is 5.69 Å². The Balaban J connectivity index is 1.76. The number of hydrogen-bond acceptors (Lipinski definition) is 3. The van der Waals surface area contributed by atoms with Gasteiger partial charge in [-0.3, -0.25) is 9.69 Å². The number of hydrogen-bond donors (Lipinski definition) is 1. The third-order valence-electron chi connectivity index (χ3n) is 4.80. The number of nitrogens with zero attached hydrogens (tertiary/aromatic N) is 3. The monoisotopic (exact) mass is 322 g/mol. The summed E-state index contributed by atoms with van der Waals surface area (Å²) in [7, 11) is 2.04. The van der Waals surface area contributed by atoms with E-state index in [2.05, 4.69) is 26.9 Å². The van der Waals surface area contributed by atoms with E-state index >= 15 is 0 Å². The molecule has 0 radical (unpaired) electrons. The van der Waals surface area contributed by atoms with Crippen molar-refractivity contribution < 1.29 is 4.79 Å². The zero-order valence-electron chi connectivity index (χ0n) is 14.1. The number of nitriles is 1. The summed E-state index contributed by atoms with van der Waals surface area (Å²) in [5, 5.41) is 12.1. The van der Waals surface area contributed by atoms with Gasteiger partial charge >= 0.3 is 0 Å². The van der Waals surface area contributed by atoms with Crippen LogP contribution in [0.2, 0.25) is 0 Å². The molecule has 1 aliphatic heterocycles. The first kappa shape index (κ1) is 16.3. The first-order chi connectivity index (χ1) is 11.6. The minimum atomic E-state index is -0.251. The Morgan fingerprint density at radius 1 is 1.33 bits per heavy atom. The van der Waals surface area contributed by atoms with Gasteiger partial charge in [-0.15, -0.1) is 0 Å². The van der Waals surface area contributed by atoms with Crippen LogP contribution in [0.4, 0.5) is 5.69 Å². The fourth-order valence-electron chi connectivity index (χ4n) is 3.47. The highest BCUT2D eigenvalue weighted by Gasteiger charge is 2.34. The number of nitrogens with one attached hydrogen (secondary N) is 1. The first-order valence-electron chi connectivity index (χ1n) is 8.29. The topological polar surface area (TPSA) is 61.1 Å². The molecule has 2 atom stereocenters. The van der Waals surface area contributed by atoms with Gasteiger partial charge in [-0.25, -0.2) is 0 Å². The molecule has 0 unspecified atom stereocenters. The molecule has 0 spiro atoms. The molecule has 2 aromatic rings. The number of aryl methyl sites for hydroxylation is 1. The van der Waals surface area contributed by atoms with Gasteiger partial charge in [0.05, 0.1) is 23.3 Å². The van der Waals surface area contributed by atoms with Gasteiger partial charge in [0.1, 0.15) is 6.07 Å². The number of benzene rings is 1. The van der Waals surface area contributed by atoms with Crippen molar-refractivity contribution >= 4 is 11.6 Å². The zero-order valence-corrected chi connectivity index (χ0v) is 14.1. The summed E-state index contributed by atoms with van der Waals surface area (Å²) in [6.07, 6.45) is 4.19. The molecule has 1 N–H and O–H groups in total. The third-order valence-corrected chi connectivity index (χ3v) is 4.80. The molecule has 0 aliphatic carbocycles. The van der Waals surface area contributed by atoms with Crippen LogP contribution in [0, 0.1) is 11.3 Å². The largest absolute Gasteiger partial charge is 0.353 e. The molecule has 124 valence electrons. The number of para-hydroxylation sites is 1. The van der Waals surface area contributed by atoms with Crippen LogP contribution >= 0.6 is 0 Å². The van der Waals surface area contributed by atoms with E-state index in [0.29, 0.717) is 11.3 Å². The van der Waals surface area contributed by atoms with Crippen LogP contribution in [0.15, 0.2) is 42.6 Å². The predicted octanol–water partition coefficient (Wildman–Crippen LogP) is 3.06. The highest BCUT2D eigenvalue weighted by molar-refractivity contribution is 5.95. The lowest BCUT2D eigenvalue weighted by Crippen LogP contribution is -2.42. The van der Waals surface area contributed by atoms with Crippen LogP contribution in [-0.2, 0) is 11.8 Å². The van der Waals surface area contributed by atoms with Crippen LogP contribution in [-0.4, -0.2) is 28.0 Å². The second-order valence-corrected chi connectivity index (χ2v) is 6.26. The predicted molar refractivity (Wildman–Crippen MR) is 93.3 cm³/mol. The molecule has 0 bridgehead atoms. The molecule has 2 heterocycles. The summed E-state index contributed by atoms with van der Waals surface area (Å²) in [5.41, 5.74) is 2.30. The van der Waals surface area contributed by atoms with Gasteiger partial charge in [0, 0.05) is 18.9 Å². The Labute approximate surface area is 142 Å². The summed E-state index contributed by atoms with van der Waals surface area (Å²) in [4.78, 5) is 14.9. The SMILES string of the molecule is C[C@H](C(=O)Nc1ccccc1C#N)N1CCC[C@@H]1c1cccn1C. The number of carbonyl (C=O) groups is 1. The summed E-state index contributed by atoms with van der Waals surface area (Å²) >= 11 is 0. The lowest BCUT2D eigenvalue weighted by Gasteiger charge is -2.30. The molecule has 1 amide bonds. The van der Waals surface area contributed by atoms with Gasteiger partial charge in [0.2, 0.25) is 5.91 Å². The Hall–Kier alpha value is -2.58.